The standard InChI is InChI=1S/C20H20F3N5O2S/c1-11(2)28-17-7-12(3)5-6-15(17)16(8-24)18(28)19-25-9-14(10-26-19)31(29,30)27-13(4)20(21,22)23/h5-7,9-11,13,27H,1-4H3/t13-/m0/s1. The first-order chi connectivity index (χ1) is 14.4. The van der Waals surface area contributed by atoms with Crippen LogP contribution in [0.1, 0.15) is 37.9 Å². The molecule has 1 N–H and O–H groups in total. The van der Waals surface area contributed by atoms with E-state index in [4.69, 9.17) is 0 Å². The highest BCUT2D eigenvalue weighted by molar-refractivity contribution is 7.89. The number of sulfonamides is 1. The van der Waals surface area contributed by atoms with Crippen molar-refractivity contribution in [3.05, 3.63) is 41.7 Å². The van der Waals surface area contributed by atoms with Gasteiger partial charge in [0.25, 0.3) is 0 Å². The van der Waals surface area contributed by atoms with E-state index in [1.54, 1.807) is 4.72 Å². The molecule has 0 aliphatic carbocycles. The highest BCUT2D eigenvalue weighted by Crippen LogP contribution is 2.35. The third-order valence-electron chi connectivity index (χ3n) is 4.76. The Balaban J connectivity index is 2.11. The van der Waals surface area contributed by atoms with Gasteiger partial charge in [0, 0.05) is 11.4 Å². The van der Waals surface area contributed by atoms with Gasteiger partial charge in [-0.25, -0.2) is 18.4 Å². The quantitative estimate of drug-likeness (QED) is 0.630. The summed E-state index contributed by atoms with van der Waals surface area (Å²) in [6.45, 7) is 6.48. The molecule has 2 heterocycles. The van der Waals surface area contributed by atoms with Gasteiger partial charge in [0.15, 0.2) is 5.82 Å². The molecule has 11 heteroatoms. The smallest absolute Gasteiger partial charge is 0.334 e. The van der Waals surface area contributed by atoms with Gasteiger partial charge in [0.2, 0.25) is 10.0 Å². The zero-order chi connectivity index (χ0) is 23.1. The molecule has 0 fully saturated rings. The summed E-state index contributed by atoms with van der Waals surface area (Å²) in [4.78, 5) is 7.64. The molecule has 1 atom stereocenters. The van der Waals surface area contributed by atoms with E-state index in [1.807, 2.05) is 43.5 Å². The average Bonchev–Trinajstić information content (AvgIpc) is 3.00. The van der Waals surface area contributed by atoms with Crippen molar-refractivity contribution in [2.75, 3.05) is 0 Å². The summed E-state index contributed by atoms with van der Waals surface area (Å²) in [6.07, 6.45) is -2.86. The van der Waals surface area contributed by atoms with Crippen molar-refractivity contribution in [2.24, 2.45) is 0 Å². The van der Waals surface area contributed by atoms with E-state index in [9.17, 15) is 26.9 Å². The number of rotatable bonds is 5. The SMILES string of the molecule is Cc1ccc2c(C#N)c(-c3ncc(S(=O)(=O)N[C@@H](C)C(F)(F)F)cn3)n(C(C)C)c2c1. The molecule has 31 heavy (non-hydrogen) atoms. The summed E-state index contributed by atoms with van der Waals surface area (Å²) in [5.41, 5.74) is 2.56. The van der Waals surface area contributed by atoms with Crippen LogP contribution < -0.4 is 4.72 Å². The van der Waals surface area contributed by atoms with E-state index in [0.717, 1.165) is 23.5 Å². The van der Waals surface area contributed by atoms with Crippen LogP contribution in [0.25, 0.3) is 22.4 Å². The number of fused-ring (bicyclic) bond motifs is 1. The van der Waals surface area contributed by atoms with Crippen LogP contribution in [0, 0.1) is 18.3 Å². The van der Waals surface area contributed by atoms with Crippen molar-refractivity contribution < 1.29 is 21.6 Å². The first-order valence-electron chi connectivity index (χ1n) is 9.33. The number of aryl methyl sites for hydroxylation is 1. The summed E-state index contributed by atoms with van der Waals surface area (Å²) in [5.74, 6) is 0.0990. The second-order valence-corrected chi connectivity index (χ2v) is 9.16. The number of hydrogen-bond donors (Lipinski definition) is 1. The molecular weight excluding hydrogens is 431 g/mol. The number of benzene rings is 1. The molecule has 7 nitrogen and oxygen atoms in total. The molecule has 0 amide bonds. The normalized spacial score (nSPS) is 13.5. The maximum absolute atomic E-state index is 12.7. The van der Waals surface area contributed by atoms with Crippen LogP contribution in [-0.2, 0) is 10.0 Å². The topological polar surface area (TPSA) is 101 Å². The third-order valence-corrected chi connectivity index (χ3v) is 6.26. The summed E-state index contributed by atoms with van der Waals surface area (Å²) in [7, 11) is -4.48. The van der Waals surface area contributed by atoms with Crippen LogP contribution in [0.15, 0.2) is 35.5 Å². The molecule has 3 rings (SSSR count). The molecular formula is C20H20F3N5O2S. The van der Waals surface area contributed by atoms with Gasteiger partial charge in [-0.2, -0.15) is 23.2 Å². The molecule has 0 bridgehead atoms. The van der Waals surface area contributed by atoms with E-state index in [1.165, 1.54) is 0 Å². The van der Waals surface area contributed by atoms with Crippen molar-refractivity contribution >= 4 is 20.9 Å². The lowest BCUT2D eigenvalue weighted by Crippen LogP contribution is -2.43. The number of alkyl halides is 3. The van der Waals surface area contributed by atoms with Crippen molar-refractivity contribution in [1.82, 2.24) is 19.3 Å². The molecule has 0 unspecified atom stereocenters. The largest absolute Gasteiger partial charge is 0.404 e. The Labute approximate surface area is 177 Å². The third kappa shape index (κ3) is 4.26. The fraction of sp³-hybridized carbons (Fsp3) is 0.350. The number of aromatic nitrogens is 3. The highest BCUT2D eigenvalue weighted by atomic mass is 32.2. The Kier molecular flexibility index (Phi) is 5.82. The Hall–Kier alpha value is -2.97. The number of nitriles is 1. The lowest BCUT2D eigenvalue weighted by Gasteiger charge is -2.17. The number of nitrogens with zero attached hydrogens (tertiary/aromatic N) is 4. The zero-order valence-corrected chi connectivity index (χ0v) is 18.0. The molecule has 0 aliphatic heterocycles. The van der Waals surface area contributed by atoms with Crippen LogP contribution in [0.5, 0.6) is 0 Å². The van der Waals surface area contributed by atoms with Gasteiger partial charge in [0.1, 0.15) is 22.7 Å². The Morgan fingerprint density at radius 2 is 1.77 bits per heavy atom. The number of hydrogen-bond acceptors (Lipinski definition) is 5. The first-order valence-corrected chi connectivity index (χ1v) is 10.8. The Morgan fingerprint density at radius 1 is 1.16 bits per heavy atom. The number of nitrogens with one attached hydrogen (secondary N) is 1. The Morgan fingerprint density at radius 3 is 2.29 bits per heavy atom. The summed E-state index contributed by atoms with van der Waals surface area (Å²) >= 11 is 0. The second kappa shape index (κ2) is 7.94. The molecule has 164 valence electrons. The fourth-order valence-electron chi connectivity index (χ4n) is 3.23. The molecule has 1 aromatic carbocycles. The molecule has 0 saturated carbocycles. The molecule has 2 aromatic heterocycles. The average molecular weight is 451 g/mol. The molecule has 0 aliphatic rings. The Bertz CT molecular complexity index is 1270. The van der Waals surface area contributed by atoms with Gasteiger partial charge in [0.05, 0.1) is 23.5 Å². The lowest BCUT2D eigenvalue weighted by atomic mass is 10.1. The van der Waals surface area contributed by atoms with Crippen molar-refractivity contribution in [1.29, 1.82) is 5.26 Å². The minimum absolute atomic E-state index is 0.0669. The van der Waals surface area contributed by atoms with E-state index in [2.05, 4.69) is 16.0 Å². The molecule has 0 radical (unpaired) electrons. The van der Waals surface area contributed by atoms with Gasteiger partial charge in [-0.3, -0.25) is 0 Å². The molecule has 0 saturated heterocycles. The van der Waals surface area contributed by atoms with Gasteiger partial charge < -0.3 is 4.57 Å². The minimum atomic E-state index is -4.73. The lowest BCUT2D eigenvalue weighted by molar-refractivity contribution is -0.147. The minimum Gasteiger partial charge on any atom is -0.334 e. The van der Waals surface area contributed by atoms with Crippen LogP contribution in [-0.4, -0.2) is 35.2 Å². The zero-order valence-electron chi connectivity index (χ0n) is 17.2. The second-order valence-electron chi connectivity index (χ2n) is 7.45. The monoisotopic (exact) mass is 451 g/mol. The van der Waals surface area contributed by atoms with Crippen LogP contribution in [0.3, 0.4) is 0 Å². The maximum atomic E-state index is 12.7. The maximum Gasteiger partial charge on any atom is 0.404 e. The predicted octanol–water partition coefficient (Wildman–Crippen LogP) is 4.09. The summed E-state index contributed by atoms with van der Waals surface area (Å²) < 4.78 is 66.1. The summed E-state index contributed by atoms with van der Waals surface area (Å²) in [6, 6.07) is 5.46. The first kappa shape index (κ1) is 22.7. The van der Waals surface area contributed by atoms with Crippen LogP contribution >= 0.6 is 0 Å². The number of halogens is 3. The van der Waals surface area contributed by atoms with Crippen molar-refractivity contribution in [3.63, 3.8) is 0 Å². The van der Waals surface area contributed by atoms with Crippen molar-refractivity contribution in [3.8, 4) is 17.6 Å². The highest BCUT2D eigenvalue weighted by Gasteiger charge is 2.39. The van der Waals surface area contributed by atoms with Crippen LogP contribution in [0.2, 0.25) is 0 Å². The van der Waals surface area contributed by atoms with Crippen molar-refractivity contribution in [2.45, 2.75) is 50.9 Å². The fourth-order valence-corrected chi connectivity index (χ4v) is 4.35. The van der Waals surface area contributed by atoms with Crippen LogP contribution in [0.4, 0.5) is 13.2 Å². The van der Waals surface area contributed by atoms with E-state index in [0.29, 0.717) is 23.6 Å². The molecule has 3 aromatic rings. The van der Waals surface area contributed by atoms with E-state index >= 15 is 0 Å². The van der Waals surface area contributed by atoms with Gasteiger partial charge in [-0.05, 0) is 39.3 Å². The molecule has 0 spiro atoms. The summed E-state index contributed by atoms with van der Waals surface area (Å²) in [5, 5.41) is 10.5. The van der Waals surface area contributed by atoms with E-state index in [-0.39, 0.29) is 11.9 Å². The predicted molar refractivity (Wildman–Crippen MR) is 109 cm³/mol. The van der Waals surface area contributed by atoms with Gasteiger partial charge in [-0.15, -0.1) is 0 Å². The van der Waals surface area contributed by atoms with Gasteiger partial charge in [-0.1, -0.05) is 12.1 Å². The van der Waals surface area contributed by atoms with E-state index < -0.39 is 27.1 Å². The van der Waals surface area contributed by atoms with Gasteiger partial charge >= 0.3 is 6.18 Å².